The number of thioether (sulfide) groups is 1. The molecule has 1 amide bonds. The number of hydrogen-bond acceptors (Lipinski definition) is 4. The van der Waals surface area contributed by atoms with Crippen molar-refractivity contribution in [1.82, 2.24) is 5.32 Å². The van der Waals surface area contributed by atoms with Crippen LogP contribution in [0.3, 0.4) is 0 Å². The molecule has 1 aromatic heterocycles. The van der Waals surface area contributed by atoms with Crippen LogP contribution in [0.1, 0.15) is 6.42 Å². The van der Waals surface area contributed by atoms with Crippen molar-refractivity contribution < 1.29 is 4.79 Å². The highest BCUT2D eigenvalue weighted by Gasteiger charge is 2.16. The number of carbonyl (C=O) groups is 1. The highest BCUT2D eigenvalue weighted by molar-refractivity contribution is 7.99. The van der Waals surface area contributed by atoms with Crippen molar-refractivity contribution in [2.75, 3.05) is 23.4 Å². The summed E-state index contributed by atoms with van der Waals surface area (Å²) >= 11 is 3.51. The van der Waals surface area contributed by atoms with Crippen molar-refractivity contribution in [2.24, 2.45) is 0 Å². The first kappa shape index (κ1) is 11.0. The van der Waals surface area contributed by atoms with Gasteiger partial charge in [-0.15, -0.1) is 0 Å². The second kappa shape index (κ2) is 5.53. The SMILES string of the molecule is O=C(CC1CSCCN1)Nc1ccsc1. The Morgan fingerprint density at radius 3 is 3.27 bits per heavy atom. The molecule has 1 aliphatic rings. The Balaban J connectivity index is 1.76. The summed E-state index contributed by atoms with van der Waals surface area (Å²) in [4.78, 5) is 11.6. The Labute approximate surface area is 97.6 Å². The molecular weight excluding hydrogens is 228 g/mol. The molecule has 2 heterocycles. The van der Waals surface area contributed by atoms with E-state index in [1.807, 2.05) is 28.6 Å². The van der Waals surface area contributed by atoms with Crippen molar-refractivity contribution in [2.45, 2.75) is 12.5 Å². The van der Waals surface area contributed by atoms with E-state index in [0.29, 0.717) is 12.5 Å². The lowest BCUT2D eigenvalue weighted by atomic mass is 10.2. The van der Waals surface area contributed by atoms with Gasteiger partial charge in [-0.3, -0.25) is 4.79 Å². The molecule has 2 N–H and O–H groups in total. The summed E-state index contributed by atoms with van der Waals surface area (Å²) in [6, 6.07) is 2.26. The zero-order valence-corrected chi connectivity index (χ0v) is 10.00. The van der Waals surface area contributed by atoms with Crippen LogP contribution in [-0.2, 0) is 4.79 Å². The van der Waals surface area contributed by atoms with E-state index < -0.39 is 0 Å². The number of rotatable bonds is 3. The number of anilines is 1. The molecule has 0 aliphatic carbocycles. The Kier molecular flexibility index (Phi) is 4.05. The number of hydrogen-bond donors (Lipinski definition) is 2. The van der Waals surface area contributed by atoms with E-state index >= 15 is 0 Å². The van der Waals surface area contributed by atoms with Crippen molar-refractivity contribution in [1.29, 1.82) is 0 Å². The minimum atomic E-state index is 0.105. The van der Waals surface area contributed by atoms with Crippen LogP contribution in [0, 0.1) is 0 Å². The summed E-state index contributed by atoms with van der Waals surface area (Å²) in [6.45, 7) is 1.01. The van der Waals surface area contributed by atoms with E-state index in [1.165, 1.54) is 0 Å². The molecule has 1 fully saturated rings. The van der Waals surface area contributed by atoms with Gasteiger partial charge >= 0.3 is 0 Å². The number of nitrogens with one attached hydrogen (secondary N) is 2. The molecule has 5 heteroatoms. The fourth-order valence-corrected chi connectivity index (χ4v) is 3.06. The monoisotopic (exact) mass is 242 g/mol. The lowest BCUT2D eigenvalue weighted by molar-refractivity contribution is -0.116. The zero-order valence-electron chi connectivity index (χ0n) is 8.36. The molecule has 15 heavy (non-hydrogen) atoms. The third-order valence-corrected chi connectivity index (χ3v) is 4.05. The molecule has 1 atom stereocenters. The van der Waals surface area contributed by atoms with E-state index in [-0.39, 0.29) is 5.91 Å². The van der Waals surface area contributed by atoms with Crippen molar-refractivity contribution in [3.8, 4) is 0 Å². The lowest BCUT2D eigenvalue weighted by Crippen LogP contribution is -2.39. The van der Waals surface area contributed by atoms with Crippen LogP contribution in [0.15, 0.2) is 16.8 Å². The Morgan fingerprint density at radius 1 is 1.67 bits per heavy atom. The van der Waals surface area contributed by atoms with Gasteiger partial charge in [0.15, 0.2) is 0 Å². The molecule has 2 rings (SSSR count). The maximum Gasteiger partial charge on any atom is 0.225 e. The van der Waals surface area contributed by atoms with Crippen LogP contribution in [0.5, 0.6) is 0 Å². The molecule has 1 aromatic rings. The highest BCUT2D eigenvalue weighted by Crippen LogP contribution is 2.14. The van der Waals surface area contributed by atoms with Gasteiger partial charge in [0.25, 0.3) is 0 Å². The van der Waals surface area contributed by atoms with E-state index in [9.17, 15) is 4.79 Å². The average molecular weight is 242 g/mol. The molecular formula is C10H14N2OS2. The van der Waals surface area contributed by atoms with Crippen molar-refractivity contribution in [3.63, 3.8) is 0 Å². The average Bonchev–Trinajstić information content (AvgIpc) is 2.71. The maximum atomic E-state index is 11.6. The van der Waals surface area contributed by atoms with E-state index in [0.717, 1.165) is 23.7 Å². The highest BCUT2D eigenvalue weighted by atomic mass is 32.2. The number of carbonyl (C=O) groups excluding carboxylic acids is 1. The minimum absolute atomic E-state index is 0.105. The topological polar surface area (TPSA) is 41.1 Å². The molecule has 1 saturated heterocycles. The molecule has 82 valence electrons. The smallest absolute Gasteiger partial charge is 0.225 e. The summed E-state index contributed by atoms with van der Waals surface area (Å²) < 4.78 is 0. The van der Waals surface area contributed by atoms with Gasteiger partial charge in [0, 0.05) is 35.9 Å². The molecule has 3 nitrogen and oxygen atoms in total. The van der Waals surface area contributed by atoms with Gasteiger partial charge in [0.05, 0.1) is 5.69 Å². The van der Waals surface area contributed by atoms with Crippen molar-refractivity contribution >= 4 is 34.7 Å². The molecule has 0 aromatic carbocycles. The Morgan fingerprint density at radius 2 is 2.60 bits per heavy atom. The summed E-state index contributed by atoms with van der Waals surface area (Å²) in [5.74, 6) is 2.30. The standard InChI is InChI=1S/C10H14N2OS2/c13-10(12-8-1-3-14-6-8)5-9-7-15-4-2-11-9/h1,3,6,9,11H,2,4-5,7H2,(H,12,13). The molecule has 1 aliphatic heterocycles. The van der Waals surface area contributed by atoms with Crippen LogP contribution < -0.4 is 10.6 Å². The summed E-state index contributed by atoms with van der Waals surface area (Å²) in [5.41, 5.74) is 0.911. The first-order valence-corrected chi connectivity index (χ1v) is 7.07. The van der Waals surface area contributed by atoms with E-state index in [4.69, 9.17) is 0 Å². The molecule has 0 radical (unpaired) electrons. The minimum Gasteiger partial charge on any atom is -0.325 e. The molecule has 1 unspecified atom stereocenters. The third-order valence-electron chi connectivity index (χ3n) is 2.24. The zero-order chi connectivity index (χ0) is 10.5. The third kappa shape index (κ3) is 3.52. The fraction of sp³-hybridized carbons (Fsp3) is 0.500. The number of amides is 1. The fourth-order valence-electron chi connectivity index (χ4n) is 1.52. The van der Waals surface area contributed by atoms with Gasteiger partial charge in [-0.2, -0.15) is 23.1 Å². The van der Waals surface area contributed by atoms with Gasteiger partial charge < -0.3 is 10.6 Å². The first-order valence-electron chi connectivity index (χ1n) is 4.98. The van der Waals surface area contributed by atoms with Gasteiger partial charge in [-0.05, 0) is 11.4 Å². The largest absolute Gasteiger partial charge is 0.325 e. The molecule has 0 spiro atoms. The van der Waals surface area contributed by atoms with Gasteiger partial charge in [0.1, 0.15) is 0 Å². The van der Waals surface area contributed by atoms with Gasteiger partial charge in [-0.1, -0.05) is 0 Å². The lowest BCUT2D eigenvalue weighted by Gasteiger charge is -2.22. The predicted molar refractivity (Wildman–Crippen MR) is 66.7 cm³/mol. The van der Waals surface area contributed by atoms with Crippen LogP contribution in [0.2, 0.25) is 0 Å². The maximum absolute atomic E-state index is 11.6. The quantitative estimate of drug-likeness (QED) is 0.849. The van der Waals surface area contributed by atoms with Crippen LogP contribution >= 0.6 is 23.1 Å². The number of thiophene rings is 1. The Bertz CT molecular complexity index is 307. The van der Waals surface area contributed by atoms with Gasteiger partial charge in [-0.25, -0.2) is 0 Å². The normalized spacial score (nSPS) is 21.2. The predicted octanol–water partition coefficient (Wildman–Crippen LogP) is 1.78. The molecule has 0 bridgehead atoms. The van der Waals surface area contributed by atoms with Crippen LogP contribution in [0.4, 0.5) is 5.69 Å². The summed E-state index contributed by atoms with van der Waals surface area (Å²) in [7, 11) is 0. The van der Waals surface area contributed by atoms with Crippen LogP contribution in [0.25, 0.3) is 0 Å². The second-order valence-corrected chi connectivity index (χ2v) is 5.42. The second-order valence-electron chi connectivity index (χ2n) is 3.49. The van der Waals surface area contributed by atoms with Gasteiger partial charge in [0.2, 0.25) is 5.91 Å². The first-order chi connectivity index (χ1) is 7.34. The molecule has 0 saturated carbocycles. The van der Waals surface area contributed by atoms with E-state index in [2.05, 4.69) is 10.6 Å². The Hall–Kier alpha value is -0.520. The summed E-state index contributed by atoms with van der Waals surface area (Å²) in [6.07, 6.45) is 0.572. The van der Waals surface area contributed by atoms with Crippen molar-refractivity contribution in [3.05, 3.63) is 16.8 Å². The van der Waals surface area contributed by atoms with Crippen LogP contribution in [-0.4, -0.2) is 30.0 Å². The summed E-state index contributed by atoms with van der Waals surface area (Å²) in [5, 5.41) is 10.1. The van der Waals surface area contributed by atoms with E-state index in [1.54, 1.807) is 11.3 Å².